The number of nitrogens with zero attached hydrogens (tertiary/aromatic N) is 2. The summed E-state index contributed by atoms with van der Waals surface area (Å²) in [6.45, 7) is 6.36. The zero-order chi connectivity index (χ0) is 11.7. The molecule has 2 amide bonds. The van der Waals surface area contributed by atoms with Crippen molar-refractivity contribution in [3.63, 3.8) is 0 Å². The zero-order valence-corrected chi connectivity index (χ0v) is 10.3. The smallest absolute Gasteiger partial charge is 0.317 e. The lowest BCUT2D eigenvalue weighted by Crippen LogP contribution is -2.63. The molecule has 0 aromatic rings. The van der Waals surface area contributed by atoms with E-state index in [1.807, 2.05) is 4.90 Å². The summed E-state index contributed by atoms with van der Waals surface area (Å²) in [5, 5.41) is 6.46. The van der Waals surface area contributed by atoms with Crippen LogP contribution in [0.25, 0.3) is 0 Å². The Morgan fingerprint density at radius 3 is 2.76 bits per heavy atom. The molecule has 5 heteroatoms. The topological polar surface area (TPSA) is 47.6 Å². The number of hydrogen-bond acceptors (Lipinski definition) is 3. The zero-order valence-electron chi connectivity index (χ0n) is 10.3. The lowest BCUT2D eigenvalue weighted by molar-refractivity contribution is 0.0606. The molecule has 2 N–H and O–H groups in total. The van der Waals surface area contributed by atoms with Gasteiger partial charge in [-0.1, -0.05) is 0 Å². The van der Waals surface area contributed by atoms with Crippen LogP contribution in [0, 0.1) is 0 Å². The van der Waals surface area contributed by atoms with Crippen LogP contribution < -0.4 is 10.6 Å². The van der Waals surface area contributed by atoms with Crippen molar-refractivity contribution in [1.29, 1.82) is 0 Å². The standard InChI is InChI=1S/C12H22N4O/c17-12(14-10-2-3-10)16-8-11(9-16)15-6-1-4-13-5-7-15/h10-11,13H,1-9H2,(H,14,17). The number of rotatable bonds is 2. The van der Waals surface area contributed by atoms with Crippen molar-refractivity contribution in [2.75, 3.05) is 39.3 Å². The summed E-state index contributed by atoms with van der Waals surface area (Å²) in [5.74, 6) is 0. The Labute approximate surface area is 103 Å². The predicted molar refractivity (Wildman–Crippen MR) is 66.0 cm³/mol. The number of carbonyl (C=O) groups is 1. The van der Waals surface area contributed by atoms with E-state index in [-0.39, 0.29) is 6.03 Å². The molecule has 0 bridgehead atoms. The molecular formula is C12H22N4O. The van der Waals surface area contributed by atoms with Gasteiger partial charge in [0.15, 0.2) is 0 Å². The highest BCUT2D eigenvalue weighted by atomic mass is 16.2. The number of hydrogen-bond donors (Lipinski definition) is 2. The maximum atomic E-state index is 11.8. The van der Waals surface area contributed by atoms with Crippen LogP contribution >= 0.6 is 0 Å². The molecule has 0 atom stereocenters. The van der Waals surface area contributed by atoms with Gasteiger partial charge in [-0.15, -0.1) is 0 Å². The molecule has 1 aliphatic carbocycles. The molecular weight excluding hydrogens is 216 g/mol. The fourth-order valence-electron chi connectivity index (χ4n) is 2.58. The second-order valence-electron chi connectivity index (χ2n) is 5.42. The number of urea groups is 1. The Balaban J connectivity index is 1.41. The van der Waals surface area contributed by atoms with Crippen molar-refractivity contribution in [3.05, 3.63) is 0 Å². The highest BCUT2D eigenvalue weighted by Crippen LogP contribution is 2.21. The van der Waals surface area contributed by atoms with Gasteiger partial charge in [-0.05, 0) is 32.4 Å². The van der Waals surface area contributed by atoms with Crippen molar-refractivity contribution in [3.8, 4) is 0 Å². The number of nitrogens with one attached hydrogen (secondary N) is 2. The van der Waals surface area contributed by atoms with E-state index in [0.717, 1.165) is 32.7 Å². The van der Waals surface area contributed by atoms with E-state index in [1.165, 1.54) is 25.8 Å². The van der Waals surface area contributed by atoms with Crippen molar-refractivity contribution in [1.82, 2.24) is 20.4 Å². The van der Waals surface area contributed by atoms with E-state index < -0.39 is 0 Å². The Kier molecular flexibility index (Phi) is 3.20. The third-order valence-corrected chi connectivity index (χ3v) is 3.95. The molecule has 2 saturated heterocycles. The van der Waals surface area contributed by atoms with E-state index in [4.69, 9.17) is 0 Å². The van der Waals surface area contributed by atoms with Crippen LogP contribution in [0.1, 0.15) is 19.3 Å². The molecule has 3 aliphatic rings. The highest BCUT2D eigenvalue weighted by Gasteiger charge is 2.36. The number of amides is 2. The highest BCUT2D eigenvalue weighted by molar-refractivity contribution is 5.75. The summed E-state index contributed by atoms with van der Waals surface area (Å²) >= 11 is 0. The van der Waals surface area contributed by atoms with Crippen molar-refractivity contribution in [2.24, 2.45) is 0 Å². The van der Waals surface area contributed by atoms with Gasteiger partial charge in [-0.3, -0.25) is 4.90 Å². The Bertz CT molecular complexity index is 278. The minimum atomic E-state index is 0.150. The Morgan fingerprint density at radius 2 is 2.00 bits per heavy atom. The molecule has 96 valence electrons. The molecule has 0 aromatic carbocycles. The molecule has 2 aliphatic heterocycles. The van der Waals surface area contributed by atoms with Crippen molar-refractivity contribution in [2.45, 2.75) is 31.3 Å². The maximum absolute atomic E-state index is 11.8. The largest absolute Gasteiger partial charge is 0.335 e. The van der Waals surface area contributed by atoms with Gasteiger partial charge in [0.2, 0.25) is 0 Å². The quantitative estimate of drug-likeness (QED) is 0.703. The van der Waals surface area contributed by atoms with Gasteiger partial charge in [0, 0.05) is 38.3 Å². The fraction of sp³-hybridized carbons (Fsp3) is 0.917. The average Bonchev–Trinajstić information content (AvgIpc) is 3.02. The van der Waals surface area contributed by atoms with E-state index in [9.17, 15) is 4.79 Å². The molecule has 0 spiro atoms. The van der Waals surface area contributed by atoms with Gasteiger partial charge in [-0.25, -0.2) is 4.79 Å². The summed E-state index contributed by atoms with van der Waals surface area (Å²) in [6.07, 6.45) is 3.56. The molecule has 2 heterocycles. The van der Waals surface area contributed by atoms with Gasteiger partial charge in [-0.2, -0.15) is 0 Å². The van der Waals surface area contributed by atoms with Gasteiger partial charge in [0.1, 0.15) is 0 Å². The van der Waals surface area contributed by atoms with Gasteiger partial charge < -0.3 is 15.5 Å². The Morgan fingerprint density at radius 1 is 1.18 bits per heavy atom. The van der Waals surface area contributed by atoms with Crippen LogP contribution in [-0.4, -0.2) is 67.2 Å². The third kappa shape index (κ3) is 2.72. The fourth-order valence-corrected chi connectivity index (χ4v) is 2.58. The lowest BCUT2D eigenvalue weighted by atomic mass is 10.1. The van der Waals surface area contributed by atoms with Gasteiger partial charge in [0.05, 0.1) is 0 Å². The summed E-state index contributed by atoms with van der Waals surface area (Å²) in [6, 6.07) is 1.22. The van der Waals surface area contributed by atoms with E-state index in [2.05, 4.69) is 15.5 Å². The predicted octanol–water partition coefficient (Wildman–Crippen LogP) is -0.162. The molecule has 17 heavy (non-hydrogen) atoms. The van der Waals surface area contributed by atoms with Crippen molar-refractivity contribution < 1.29 is 4.79 Å². The monoisotopic (exact) mass is 238 g/mol. The summed E-state index contributed by atoms with van der Waals surface area (Å²) in [5.41, 5.74) is 0. The van der Waals surface area contributed by atoms with Gasteiger partial charge >= 0.3 is 6.03 Å². The van der Waals surface area contributed by atoms with E-state index >= 15 is 0 Å². The summed E-state index contributed by atoms with van der Waals surface area (Å²) in [7, 11) is 0. The lowest BCUT2D eigenvalue weighted by Gasteiger charge is -2.45. The van der Waals surface area contributed by atoms with E-state index in [1.54, 1.807) is 0 Å². The van der Waals surface area contributed by atoms with Crippen LogP contribution in [0.5, 0.6) is 0 Å². The minimum Gasteiger partial charge on any atom is -0.335 e. The van der Waals surface area contributed by atoms with Crippen LogP contribution in [0.3, 0.4) is 0 Å². The Hall–Kier alpha value is -0.810. The van der Waals surface area contributed by atoms with Crippen LogP contribution in [0.15, 0.2) is 0 Å². The molecule has 5 nitrogen and oxygen atoms in total. The molecule has 0 radical (unpaired) electrons. The first-order valence-electron chi connectivity index (χ1n) is 6.83. The van der Waals surface area contributed by atoms with Crippen LogP contribution in [-0.2, 0) is 0 Å². The third-order valence-electron chi connectivity index (χ3n) is 3.95. The summed E-state index contributed by atoms with van der Waals surface area (Å²) in [4.78, 5) is 16.2. The average molecular weight is 238 g/mol. The second kappa shape index (κ2) is 4.82. The second-order valence-corrected chi connectivity index (χ2v) is 5.42. The molecule has 0 aromatic heterocycles. The molecule has 3 fully saturated rings. The minimum absolute atomic E-state index is 0.150. The van der Waals surface area contributed by atoms with Crippen LogP contribution in [0.2, 0.25) is 0 Å². The molecule has 3 rings (SSSR count). The number of likely N-dealkylation sites (tertiary alicyclic amines) is 1. The molecule has 1 saturated carbocycles. The normalized spacial score (nSPS) is 27.4. The van der Waals surface area contributed by atoms with Gasteiger partial charge in [0.25, 0.3) is 0 Å². The first-order valence-corrected chi connectivity index (χ1v) is 6.83. The van der Waals surface area contributed by atoms with Crippen molar-refractivity contribution >= 4 is 6.03 Å². The first kappa shape index (κ1) is 11.3. The maximum Gasteiger partial charge on any atom is 0.317 e. The number of carbonyl (C=O) groups excluding carboxylic acids is 1. The molecule has 0 unspecified atom stereocenters. The SMILES string of the molecule is O=C(NC1CC1)N1CC(N2CCCNCC2)C1. The van der Waals surface area contributed by atoms with Crippen LogP contribution in [0.4, 0.5) is 4.79 Å². The summed E-state index contributed by atoms with van der Waals surface area (Å²) < 4.78 is 0. The first-order chi connectivity index (χ1) is 8.33. The van der Waals surface area contributed by atoms with E-state index in [0.29, 0.717) is 12.1 Å².